The zero-order chi connectivity index (χ0) is 9.10. The van der Waals surface area contributed by atoms with Crippen LogP contribution in [-0.4, -0.2) is 24.7 Å². The Balaban J connectivity index is 2.13. The summed E-state index contributed by atoms with van der Waals surface area (Å²) in [5.74, 6) is 1.26. The fourth-order valence-electron chi connectivity index (χ4n) is 1.10. The fourth-order valence-corrected chi connectivity index (χ4v) is 5.40. The van der Waals surface area contributed by atoms with Gasteiger partial charge in [0.2, 0.25) is 0 Å². The number of para-hydroxylation sites is 1. The van der Waals surface area contributed by atoms with Gasteiger partial charge in [-0.3, -0.25) is 0 Å². The minimum atomic E-state index is 0.612. The average molecular weight is 256 g/mol. The molecule has 1 aliphatic heterocycles. The zero-order valence-electron chi connectivity index (χ0n) is 7.43. The Kier molecular flexibility index (Phi) is 3.09. The summed E-state index contributed by atoms with van der Waals surface area (Å²) in [6.07, 6.45) is 0. The van der Waals surface area contributed by atoms with Crippen molar-refractivity contribution in [2.45, 2.75) is 11.7 Å². The van der Waals surface area contributed by atoms with Crippen LogP contribution in [0, 0.1) is 0 Å². The van der Waals surface area contributed by atoms with Gasteiger partial charge in [0.15, 0.2) is 0 Å². The van der Waals surface area contributed by atoms with E-state index in [1.54, 1.807) is 0 Å². The van der Waals surface area contributed by atoms with Gasteiger partial charge in [0.25, 0.3) is 0 Å². The Morgan fingerprint density at radius 1 is 1.38 bits per heavy atom. The molecule has 0 saturated carbocycles. The third-order valence-corrected chi connectivity index (χ3v) is 6.25. The number of nitrogens with zero attached hydrogens (tertiary/aromatic N) is 1. The number of benzene rings is 1. The van der Waals surface area contributed by atoms with Gasteiger partial charge in [-0.25, -0.2) is 0 Å². The molecule has 0 N–H and O–H groups in total. The molecule has 1 nitrogen and oxygen atoms in total. The molecule has 13 heavy (non-hydrogen) atoms. The van der Waals surface area contributed by atoms with Gasteiger partial charge in [-0.2, -0.15) is 0 Å². The molecule has 1 unspecified atom stereocenters. The Hall–Kier alpha value is -0.241. The van der Waals surface area contributed by atoms with Crippen LogP contribution in [0.3, 0.4) is 0 Å². The molecule has 0 aliphatic carbocycles. The summed E-state index contributed by atoms with van der Waals surface area (Å²) in [7, 11) is 0. The SMILES string of the molecule is CC1CSC(=Nc2ccccc2)[Se]1. The van der Waals surface area contributed by atoms with Gasteiger partial charge >= 0.3 is 89.2 Å². The van der Waals surface area contributed by atoms with Crippen molar-refractivity contribution in [2.75, 3.05) is 5.75 Å². The van der Waals surface area contributed by atoms with Crippen molar-refractivity contribution in [2.24, 2.45) is 4.99 Å². The first-order valence-corrected chi connectivity index (χ1v) is 7.11. The van der Waals surface area contributed by atoms with Crippen molar-refractivity contribution in [3.8, 4) is 0 Å². The molecule has 1 saturated heterocycles. The number of hydrogen-bond donors (Lipinski definition) is 0. The molecule has 1 aromatic carbocycles. The number of rotatable bonds is 1. The van der Waals surface area contributed by atoms with E-state index in [9.17, 15) is 0 Å². The van der Waals surface area contributed by atoms with Crippen molar-refractivity contribution < 1.29 is 0 Å². The normalized spacial score (nSPS) is 25.3. The Morgan fingerprint density at radius 3 is 2.77 bits per heavy atom. The molecule has 0 amide bonds. The van der Waals surface area contributed by atoms with E-state index in [0.29, 0.717) is 15.0 Å². The van der Waals surface area contributed by atoms with E-state index in [1.807, 2.05) is 30.0 Å². The second-order valence-corrected chi connectivity index (χ2v) is 7.54. The van der Waals surface area contributed by atoms with E-state index >= 15 is 0 Å². The van der Waals surface area contributed by atoms with E-state index in [1.165, 1.54) is 9.69 Å². The van der Waals surface area contributed by atoms with Gasteiger partial charge in [-0.1, -0.05) is 0 Å². The monoisotopic (exact) mass is 257 g/mol. The van der Waals surface area contributed by atoms with Crippen LogP contribution in [-0.2, 0) is 0 Å². The van der Waals surface area contributed by atoms with E-state index in [2.05, 4.69) is 24.0 Å². The quantitative estimate of drug-likeness (QED) is 0.704. The standard InChI is InChI=1S/C10H11NSSe/c1-8-7-12-10(13-8)11-9-5-3-2-4-6-9/h2-6,8H,7H2,1H3. The first-order valence-electron chi connectivity index (χ1n) is 4.28. The molecule has 1 heterocycles. The summed E-state index contributed by atoms with van der Waals surface area (Å²) in [4.78, 5) is 5.48. The Labute approximate surface area is 89.2 Å². The zero-order valence-corrected chi connectivity index (χ0v) is 9.96. The summed E-state index contributed by atoms with van der Waals surface area (Å²) in [6, 6.07) is 10.2. The van der Waals surface area contributed by atoms with Crippen LogP contribution < -0.4 is 0 Å². The third kappa shape index (κ3) is 2.60. The molecule has 1 atom stereocenters. The second-order valence-electron chi connectivity index (χ2n) is 2.95. The van der Waals surface area contributed by atoms with Gasteiger partial charge in [-0.15, -0.1) is 0 Å². The average Bonchev–Trinajstić information content (AvgIpc) is 2.53. The molecule has 1 fully saturated rings. The van der Waals surface area contributed by atoms with E-state index in [-0.39, 0.29) is 0 Å². The number of thioether (sulfide) groups is 1. The van der Waals surface area contributed by atoms with Crippen LogP contribution in [0.15, 0.2) is 35.3 Å². The molecule has 0 radical (unpaired) electrons. The topological polar surface area (TPSA) is 12.4 Å². The second kappa shape index (κ2) is 4.32. The maximum absolute atomic E-state index is 4.62. The fraction of sp³-hybridized carbons (Fsp3) is 0.300. The maximum atomic E-state index is 4.62. The third-order valence-electron chi connectivity index (χ3n) is 1.72. The summed E-state index contributed by atoms with van der Waals surface area (Å²) in [5, 5.41) is 0. The van der Waals surface area contributed by atoms with Crippen LogP contribution in [0.1, 0.15) is 6.92 Å². The predicted octanol–water partition coefficient (Wildman–Crippen LogP) is 2.93. The van der Waals surface area contributed by atoms with Crippen LogP contribution in [0.25, 0.3) is 0 Å². The number of hydrogen-bond acceptors (Lipinski definition) is 2. The molecular weight excluding hydrogens is 245 g/mol. The molecule has 0 aromatic heterocycles. The van der Waals surface area contributed by atoms with Gasteiger partial charge in [0.05, 0.1) is 0 Å². The molecule has 3 heteroatoms. The molecule has 0 spiro atoms. The van der Waals surface area contributed by atoms with Gasteiger partial charge < -0.3 is 0 Å². The first kappa shape index (κ1) is 9.32. The van der Waals surface area contributed by atoms with Gasteiger partial charge in [0, 0.05) is 0 Å². The summed E-state index contributed by atoms with van der Waals surface area (Å²) < 4.78 is 1.35. The molecule has 1 aliphatic rings. The van der Waals surface area contributed by atoms with Crippen LogP contribution >= 0.6 is 11.8 Å². The summed E-state index contributed by atoms with van der Waals surface area (Å²) in [5.41, 5.74) is 1.10. The molecular formula is C10H11NSSe. The molecule has 0 bridgehead atoms. The van der Waals surface area contributed by atoms with Gasteiger partial charge in [-0.05, 0) is 0 Å². The van der Waals surface area contributed by atoms with Crippen molar-refractivity contribution >= 4 is 36.3 Å². The summed E-state index contributed by atoms with van der Waals surface area (Å²) >= 11 is 2.53. The van der Waals surface area contributed by atoms with Gasteiger partial charge in [0.1, 0.15) is 0 Å². The molecule has 2 rings (SSSR count). The van der Waals surface area contributed by atoms with Crippen LogP contribution in [0.4, 0.5) is 5.69 Å². The van der Waals surface area contributed by atoms with Crippen molar-refractivity contribution in [3.05, 3.63) is 30.3 Å². The first-order chi connectivity index (χ1) is 6.34. The van der Waals surface area contributed by atoms with Crippen molar-refractivity contribution in [1.82, 2.24) is 0 Å². The Morgan fingerprint density at radius 2 is 2.15 bits per heavy atom. The minimum absolute atomic E-state index is 0.612. The number of aliphatic imine (C=N–C) groups is 1. The Bertz CT molecular complexity index is 310. The predicted molar refractivity (Wildman–Crippen MR) is 61.2 cm³/mol. The van der Waals surface area contributed by atoms with Crippen LogP contribution in [0.2, 0.25) is 4.82 Å². The summed E-state index contributed by atoms with van der Waals surface area (Å²) in [6.45, 7) is 2.31. The van der Waals surface area contributed by atoms with Crippen LogP contribution in [0.5, 0.6) is 0 Å². The van der Waals surface area contributed by atoms with E-state index in [4.69, 9.17) is 0 Å². The van der Waals surface area contributed by atoms with Crippen molar-refractivity contribution in [1.29, 1.82) is 0 Å². The van der Waals surface area contributed by atoms with Crippen molar-refractivity contribution in [3.63, 3.8) is 0 Å². The van der Waals surface area contributed by atoms with E-state index in [0.717, 1.165) is 10.5 Å². The molecule has 68 valence electrons. The van der Waals surface area contributed by atoms with E-state index < -0.39 is 0 Å². The molecule has 1 aromatic rings.